The number of hydrogen-bond donors (Lipinski definition) is 0. The third kappa shape index (κ3) is 4.39. The molecule has 0 atom stereocenters. The second kappa shape index (κ2) is 7.33. The Morgan fingerprint density at radius 3 is 2.82 bits per heavy atom. The van der Waals surface area contributed by atoms with Gasteiger partial charge in [-0.1, -0.05) is 23.2 Å². The van der Waals surface area contributed by atoms with Crippen molar-refractivity contribution in [1.29, 1.82) is 5.26 Å². The van der Waals surface area contributed by atoms with E-state index in [0.717, 1.165) is 0 Å². The predicted molar refractivity (Wildman–Crippen MR) is 68.6 cm³/mol. The van der Waals surface area contributed by atoms with Gasteiger partial charge in [0, 0.05) is 26.4 Å². The quantitative estimate of drug-likeness (QED) is 0.800. The van der Waals surface area contributed by atoms with Crippen molar-refractivity contribution in [3.63, 3.8) is 0 Å². The van der Waals surface area contributed by atoms with Crippen LogP contribution < -0.4 is 4.90 Å². The van der Waals surface area contributed by atoms with E-state index in [1.165, 1.54) is 6.20 Å². The van der Waals surface area contributed by atoms with Crippen LogP contribution in [0.15, 0.2) is 12.3 Å². The Labute approximate surface area is 111 Å². The summed E-state index contributed by atoms with van der Waals surface area (Å²) in [5.74, 6) is 0.628. The van der Waals surface area contributed by atoms with Crippen molar-refractivity contribution in [2.45, 2.75) is 6.42 Å². The molecular formula is C11H13Cl2N3O. The van der Waals surface area contributed by atoms with Gasteiger partial charge in [0.1, 0.15) is 5.82 Å². The molecule has 0 aliphatic rings. The van der Waals surface area contributed by atoms with Crippen molar-refractivity contribution in [2.75, 3.05) is 31.7 Å². The molecule has 0 spiro atoms. The van der Waals surface area contributed by atoms with Crippen LogP contribution in [0, 0.1) is 11.3 Å². The fourth-order valence-corrected chi connectivity index (χ4v) is 1.85. The molecular weight excluding hydrogens is 261 g/mol. The third-order valence-corrected chi connectivity index (χ3v) is 2.63. The Morgan fingerprint density at radius 1 is 1.47 bits per heavy atom. The Morgan fingerprint density at radius 2 is 2.24 bits per heavy atom. The minimum atomic E-state index is 0.407. The second-order valence-electron chi connectivity index (χ2n) is 3.35. The van der Waals surface area contributed by atoms with E-state index < -0.39 is 0 Å². The molecule has 1 aromatic heterocycles. The number of rotatable bonds is 6. The largest absolute Gasteiger partial charge is 0.383 e. The number of pyridine rings is 1. The van der Waals surface area contributed by atoms with Crippen molar-refractivity contribution in [2.24, 2.45) is 0 Å². The number of methoxy groups -OCH3 is 1. The molecule has 0 aromatic carbocycles. The highest BCUT2D eigenvalue weighted by molar-refractivity contribution is 6.36. The van der Waals surface area contributed by atoms with Crippen LogP contribution in [0.25, 0.3) is 0 Å². The molecule has 0 N–H and O–H groups in total. The summed E-state index contributed by atoms with van der Waals surface area (Å²) in [6, 6.07) is 3.73. The lowest BCUT2D eigenvalue weighted by Gasteiger charge is -2.23. The lowest BCUT2D eigenvalue weighted by molar-refractivity contribution is 0.205. The first kappa shape index (κ1) is 14.0. The summed E-state index contributed by atoms with van der Waals surface area (Å²) in [5, 5.41) is 9.59. The van der Waals surface area contributed by atoms with Gasteiger partial charge in [0.2, 0.25) is 0 Å². The van der Waals surface area contributed by atoms with Crippen LogP contribution in [0.2, 0.25) is 10.0 Å². The zero-order valence-corrected chi connectivity index (χ0v) is 11.0. The van der Waals surface area contributed by atoms with Gasteiger partial charge < -0.3 is 9.64 Å². The Bertz CT molecular complexity index is 406. The summed E-state index contributed by atoms with van der Waals surface area (Å²) in [7, 11) is 1.62. The summed E-state index contributed by atoms with van der Waals surface area (Å²) in [4.78, 5) is 6.09. The smallest absolute Gasteiger partial charge is 0.147 e. The van der Waals surface area contributed by atoms with Crippen LogP contribution >= 0.6 is 23.2 Å². The van der Waals surface area contributed by atoms with E-state index in [-0.39, 0.29) is 0 Å². The van der Waals surface area contributed by atoms with Crippen LogP contribution in [-0.4, -0.2) is 31.8 Å². The van der Waals surface area contributed by atoms with Crippen molar-refractivity contribution in [3.05, 3.63) is 22.3 Å². The molecule has 0 unspecified atom stereocenters. The molecule has 0 fully saturated rings. The number of nitriles is 1. The van der Waals surface area contributed by atoms with E-state index >= 15 is 0 Å². The summed E-state index contributed by atoms with van der Waals surface area (Å²) in [5.41, 5.74) is 0. The maximum absolute atomic E-state index is 8.62. The van der Waals surface area contributed by atoms with E-state index in [0.29, 0.717) is 42.0 Å². The van der Waals surface area contributed by atoms with Gasteiger partial charge in [-0.2, -0.15) is 5.26 Å². The summed E-state index contributed by atoms with van der Waals surface area (Å²) in [6.07, 6.45) is 1.94. The predicted octanol–water partition coefficient (Wildman–Crippen LogP) is 2.75. The molecule has 1 heterocycles. The molecule has 0 aliphatic carbocycles. The van der Waals surface area contributed by atoms with Crippen LogP contribution in [0.3, 0.4) is 0 Å². The van der Waals surface area contributed by atoms with Crippen LogP contribution in [-0.2, 0) is 4.74 Å². The SMILES string of the molecule is COCCN(CCC#N)c1ncc(Cl)cc1Cl. The second-order valence-corrected chi connectivity index (χ2v) is 4.19. The fraction of sp³-hybridized carbons (Fsp3) is 0.455. The van der Waals surface area contributed by atoms with E-state index in [1.807, 2.05) is 4.90 Å². The van der Waals surface area contributed by atoms with Gasteiger partial charge in [-0.25, -0.2) is 4.98 Å². The molecule has 1 rings (SSSR count). The summed E-state index contributed by atoms with van der Waals surface area (Å²) in [6.45, 7) is 1.74. The average molecular weight is 274 g/mol. The van der Waals surface area contributed by atoms with E-state index in [2.05, 4.69) is 11.1 Å². The Kier molecular flexibility index (Phi) is 6.06. The molecule has 0 saturated carbocycles. The lowest BCUT2D eigenvalue weighted by Crippen LogP contribution is -2.29. The molecule has 0 amide bonds. The highest BCUT2D eigenvalue weighted by Gasteiger charge is 2.11. The molecule has 1 aromatic rings. The van der Waals surface area contributed by atoms with Crippen LogP contribution in [0.4, 0.5) is 5.82 Å². The normalized spacial score (nSPS) is 10.0. The number of ether oxygens (including phenoxy) is 1. The number of aromatic nitrogens is 1. The number of hydrogen-bond acceptors (Lipinski definition) is 4. The van der Waals surface area contributed by atoms with Gasteiger partial charge in [0.25, 0.3) is 0 Å². The Hall–Kier alpha value is -1.02. The van der Waals surface area contributed by atoms with Crippen molar-refractivity contribution in [1.82, 2.24) is 4.98 Å². The zero-order valence-electron chi connectivity index (χ0n) is 9.49. The molecule has 0 radical (unpaired) electrons. The van der Waals surface area contributed by atoms with Crippen molar-refractivity contribution >= 4 is 29.0 Å². The molecule has 0 bridgehead atoms. The molecule has 4 nitrogen and oxygen atoms in total. The summed E-state index contributed by atoms with van der Waals surface area (Å²) >= 11 is 11.9. The van der Waals surface area contributed by atoms with E-state index in [9.17, 15) is 0 Å². The van der Waals surface area contributed by atoms with Gasteiger partial charge in [-0.3, -0.25) is 0 Å². The van der Waals surface area contributed by atoms with Crippen molar-refractivity contribution < 1.29 is 4.74 Å². The van der Waals surface area contributed by atoms with Gasteiger partial charge in [-0.15, -0.1) is 0 Å². The van der Waals surface area contributed by atoms with Gasteiger partial charge >= 0.3 is 0 Å². The Balaban J connectivity index is 2.83. The van der Waals surface area contributed by atoms with E-state index in [4.69, 9.17) is 33.2 Å². The number of nitrogens with zero attached hydrogens (tertiary/aromatic N) is 3. The van der Waals surface area contributed by atoms with Crippen LogP contribution in [0.1, 0.15) is 6.42 Å². The highest BCUT2D eigenvalue weighted by Crippen LogP contribution is 2.25. The maximum atomic E-state index is 8.62. The van der Waals surface area contributed by atoms with Crippen molar-refractivity contribution in [3.8, 4) is 6.07 Å². The maximum Gasteiger partial charge on any atom is 0.147 e. The first-order valence-electron chi connectivity index (χ1n) is 5.11. The molecule has 0 saturated heterocycles. The lowest BCUT2D eigenvalue weighted by atomic mass is 10.3. The summed E-state index contributed by atoms with van der Waals surface area (Å²) < 4.78 is 5.02. The topological polar surface area (TPSA) is 49.1 Å². The molecule has 6 heteroatoms. The average Bonchev–Trinajstić information content (AvgIpc) is 2.30. The first-order chi connectivity index (χ1) is 8.19. The van der Waals surface area contributed by atoms with E-state index in [1.54, 1.807) is 13.2 Å². The van der Waals surface area contributed by atoms with Crippen LogP contribution in [0.5, 0.6) is 0 Å². The van der Waals surface area contributed by atoms with Gasteiger partial charge in [0.15, 0.2) is 0 Å². The molecule has 0 aliphatic heterocycles. The number of halogens is 2. The first-order valence-corrected chi connectivity index (χ1v) is 5.86. The zero-order chi connectivity index (χ0) is 12.7. The van der Waals surface area contributed by atoms with Gasteiger partial charge in [0.05, 0.1) is 29.1 Å². The fourth-order valence-electron chi connectivity index (χ4n) is 1.35. The third-order valence-electron chi connectivity index (χ3n) is 2.15. The highest BCUT2D eigenvalue weighted by atomic mass is 35.5. The minimum absolute atomic E-state index is 0.407. The number of anilines is 1. The standard InChI is InChI=1S/C11H13Cl2N3O/c1-17-6-5-16(4-2-3-14)11-10(13)7-9(12)8-15-11/h7-8H,2,4-6H2,1H3. The minimum Gasteiger partial charge on any atom is -0.383 e. The monoisotopic (exact) mass is 273 g/mol. The molecule has 92 valence electrons. The van der Waals surface area contributed by atoms with Gasteiger partial charge in [-0.05, 0) is 6.07 Å². The molecule has 17 heavy (non-hydrogen) atoms.